The molecule has 0 N–H and O–H groups in total. The molecule has 1 amide bonds. The second-order valence-electron chi connectivity index (χ2n) is 5.85. The van der Waals surface area contributed by atoms with Crippen molar-refractivity contribution in [3.63, 3.8) is 0 Å². The van der Waals surface area contributed by atoms with Crippen LogP contribution in [0.15, 0.2) is 28.8 Å². The van der Waals surface area contributed by atoms with Crippen molar-refractivity contribution >= 4 is 5.91 Å². The number of amides is 1. The highest BCUT2D eigenvalue weighted by atomic mass is 19.1. The zero-order chi connectivity index (χ0) is 17.0. The first-order valence-electron chi connectivity index (χ1n) is 7.45. The molecule has 1 aromatic heterocycles. The number of rotatable bonds is 6. The third-order valence-electron chi connectivity index (χ3n) is 3.77. The molecule has 0 saturated heterocycles. The summed E-state index contributed by atoms with van der Waals surface area (Å²) < 4.78 is 18.0. The van der Waals surface area contributed by atoms with Crippen molar-refractivity contribution in [2.75, 3.05) is 20.6 Å². The van der Waals surface area contributed by atoms with E-state index in [1.54, 1.807) is 24.1 Å². The molecule has 124 valence electrons. The van der Waals surface area contributed by atoms with Crippen LogP contribution in [0.25, 0.3) is 0 Å². The van der Waals surface area contributed by atoms with Gasteiger partial charge in [-0.3, -0.25) is 9.69 Å². The average Bonchev–Trinajstić information content (AvgIpc) is 2.81. The Labute approximate surface area is 135 Å². The predicted octanol–water partition coefficient (Wildman–Crippen LogP) is 2.52. The van der Waals surface area contributed by atoms with Gasteiger partial charge < -0.3 is 9.42 Å². The minimum Gasteiger partial charge on any atom is -0.361 e. The number of hydrogen-bond acceptors (Lipinski definition) is 4. The van der Waals surface area contributed by atoms with E-state index in [0.717, 1.165) is 22.6 Å². The summed E-state index contributed by atoms with van der Waals surface area (Å²) in [5.74, 6) is 0.506. The van der Waals surface area contributed by atoms with Crippen molar-refractivity contribution in [1.82, 2.24) is 15.0 Å². The lowest BCUT2D eigenvalue weighted by Gasteiger charge is -2.22. The van der Waals surface area contributed by atoms with Gasteiger partial charge in [0.25, 0.3) is 0 Å². The molecule has 0 unspecified atom stereocenters. The molecular weight excluding hydrogens is 297 g/mol. The lowest BCUT2D eigenvalue weighted by atomic mass is 10.2. The van der Waals surface area contributed by atoms with Gasteiger partial charge in [-0.25, -0.2) is 4.39 Å². The summed E-state index contributed by atoms with van der Waals surface area (Å²) in [5, 5.41) is 3.92. The first kappa shape index (κ1) is 17.1. The highest BCUT2D eigenvalue weighted by Gasteiger charge is 2.16. The molecule has 0 aliphatic heterocycles. The van der Waals surface area contributed by atoms with Crippen LogP contribution in [-0.4, -0.2) is 41.5 Å². The van der Waals surface area contributed by atoms with E-state index in [2.05, 4.69) is 5.16 Å². The third-order valence-corrected chi connectivity index (χ3v) is 3.77. The molecule has 0 saturated carbocycles. The third kappa shape index (κ3) is 4.63. The Kier molecular flexibility index (Phi) is 5.50. The highest BCUT2D eigenvalue weighted by molar-refractivity contribution is 5.77. The first-order valence-corrected chi connectivity index (χ1v) is 7.45. The summed E-state index contributed by atoms with van der Waals surface area (Å²) in [7, 11) is 3.63. The Bertz CT molecular complexity index is 647. The van der Waals surface area contributed by atoms with Gasteiger partial charge in [-0.05, 0) is 38.6 Å². The molecule has 0 radical (unpaired) electrons. The first-order chi connectivity index (χ1) is 10.9. The Balaban J connectivity index is 1.88. The van der Waals surface area contributed by atoms with Gasteiger partial charge in [-0.1, -0.05) is 17.3 Å². The maximum Gasteiger partial charge on any atom is 0.236 e. The fraction of sp³-hybridized carbons (Fsp3) is 0.412. The highest BCUT2D eigenvalue weighted by Crippen LogP contribution is 2.14. The molecule has 5 nitrogen and oxygen atoms in total. The summed E-state index contributed by atoms with van der Waals surface area (Å²) in [6, 6.07) is 6.17. The van der Waals surface area contributed by atoms with Crippen LogP contribution in [0.1, 0.15) is 22.6 Å². The van der Waals surface area contributed by atoms with Crippen LogP contribution in [0.3, 0.4) is 0 Å². The number of carbonyl (C=O) groups is 1. The van der Waals surface area contributed by atoms with Gasteiger partial charge >= 0.3 is 0 Å². The van der Waals surface area contributed by atoms with E-state index in [4.69, 9.17) is 4.52 Å². The van der Waals surface area contributed by atoms with Crippen LogP contribution in [0, 0.1) is 19.7 Å². The number of nitrogens with zero attached hydrogens (tertiary/aromatic N) is 3. The standard InChI is InChI=1S/C17H22FN3O2/c1-12-16(13(2)23-19-12)10-20(3)11-17(22)21(4)9-14-5-7-15(18)8-6-14/h5-8H,9-11H2,1-4H3. The second kappa shape index (κ2) is 7.37. The Morgan fingerprint density at radius 2 is 1.83 bits per heavy atom. The van der Waals surface area contributed by atoms with E-state index in [1.807, 2.05) is 25.8 Å². The van der Waals surface area contributed by atoms with E-state index in [-0.39, 0.29) is 11.7 Å². The summed E-state index contributed by atoms with van der Waals surface area (Å²) in [6.07, 6.45) is 0. The average molecular weight is 319 g/mol. The maximum absolute atomic E-state index is 12.9. The predicted molar refractivity (Wildman–Crippen MR) is 85.2 cm³/mol. The fourth-order valence-electron chi connectivity index (χ4n) is 2.36. The van der Waals surface area contributed by atoms with Crippen molar-refractivity contribution in [2.24, 2.45) is 0 Å². The molecule has 6 heteroatoms. The molecule has 1 heterocycles. The molecule has 0 fully saturated rings. The minimum absolute atomic E-state index is 0.00332. The van der Waals surface area contributed by atoms with Gasteiger partial charge in [0, 0.05) is 25.7 Å². The molecule has 2 aromatic rings. The van der Waals surface area contributed by atoms with Crippen LogP contribution in [0.5, 0.6) is 0 Å². The zero-order valence-electron chi connectivity index (χ0n) is 14.0. The van der Waals surface area contributed by atoms with Gasteiger partial charge in [0.15, 0.2) is 0 Å². The molecule has 2 rings (SSSR count). The van der Waals surface area contributed by atoms with E-state index >= 15 is 0 Å². The van der Waals surface area contributed by atoms with Crippen LogP contribution in [0.2, 0.25) is 0 Å². The maximum atomic E-state index is 12.9. The van der Waals surface area contributed by atoms with Crippen LogP contribution in [-0.2, 0) is 17.9 Å². The lowest BCUT2D eigenvalue weighted by Crippen LogP contribution is -2.36. The van der Waals surface area contributed by atoms with Gasteiger partial charge in [0.2, 0.25) is 5.91 Å². The molecule has 0 spiro atoms. The quantitative estimate of drug-likeness (QED) is 0.821. The van der Waals surface area contributed by atoms with Gasteiger partial charge in [0.05, 0.1) is 12.2 Å². The zero-order valence-corrected chi connectivity index (χ0v) is 14.0. The normalized spacial score (nSPS) is 11.0. The van der Waals surface area contributed by atoms with E-state index in [1.165, 1.54) is 12.1 Å². The second-order valence-corrected chi connectivity index (χ2v) is 5.85. The van der Waals surface area contributed by atoms with E-state index in [9.17, 15) is 9.18 Å². The Morgan fingerprint density at radius 3 is 2.39 bits per heavy atom. The van der Waals surface area contributed by atoms with E-state index < -0.39 is 0 Å². The van der Waals surface area contributed by atoms with Gasteiger partial charge in [-0.2, -0.15) is 0 Å². The number of halogens is 1. The molecule has 0 aliphatic rings. The summed E-state index contributed by atoms with van der Waals surface area (Å²) >= 11 is 0. The number of benzene rings is 1. The number of hydrogen-bond donors (Lipinski definition) is 0. The number of aryl methyl sites for hydroxylation is 2. The SMILES string of the molecule is Cc1noc(C)c1CN(C)CC(=O)N(C)Cc1ccc(F)cc1. The van der Waals surface area contributed by atoms with Crippen molar-refractivity contribution in [2.45, 2.75) is 26.9 Å². The Morgan fingerprint density at radius 1 is 1.17 bits per heavy atom. The van der Waals surface area contributed by atoms with Crippen molar-refractivity contribution < 1.29 is 13.7 Å². The largest absolute Gasteiger partial charge is 0.361 e. The Hall–Kier alpha value is -2.21. The van der Waals surface area contributed by atoms with Gasteiger partial charge in [0.1, 0.15) is 11.6 Å². The number of carbonyl (C=O) groups excluding carboxylic acids is 1. The fourth-order valence-corrected chi connectivity index (χ4v) is 2.36. The summed E-state index contributed by atoms with van der Waals surface area (Å²) in [4.78, 5) is 15.9. The molecular formula is C17H22FN3O2. The smallest absolute Gasteiger partial charge is 0.236 e. The van der Waals surface area contributed by atoms with Crippen LogP contribution < -0.4 is 0 Å². The summed E-state index contributed by atoms with van der Waals surface area (Å²) in [6.45, 7) is 5.12. The molecule has 1 aromatic carbocycles. The summed E-state index contributed by atoms with van der Waals surface area (Å²) in [5.41, 5.74) is 2.76. The number of likely N-dealkylation sites (N-methyl/N-ethyl adjacent to an activating group) is 2. The van der Waals surface area contributed by atoms with Crippen LogP contribution in [0.4, 0.5) is 4.39 Å². The van der Waals surface area contributed by atoms with Crippen molar-refractivity contribution in [3.05, 3.63) is 52.7 Å². The monoisotopic (exact) mass is 319 g/mol. The van der Waals surface area contributed by atoms with Crippen molar-refractivity contribution in [3.8, 4) is 0 Å². The molecule has 0 atom stereocenters. The van der Waals surface area contributed by atoms with Gasteiger partial charge in [-0.15, -0.1) is 0 Å². The molecule has 23 heavy (non-hydrogen) atoms. The molecule has 0 bridgehead atoms. The number of aromatic nitrogens is 1. The minimum atomic E-state index is -0.276. The topological polar surface area (TPSA) is 49.6 Å². The van der Waals surface area contributed by atoms with Crippen molar-refractivity contribution in [1.29, 1.82) is 0 Å². The lowest BCUT2D eigenvalue weighted by molar-refractivity contribution is -0.131. The molecule has 0 aliphatic carbocycles. The van der Waals surface area contributed by atoms with Crippen LogP contribution >= 0.6 is 0 Å². The van der Waals surface area contributed by atoms with E-state index in [0.29, 0.717) is 19.6 Å².